The Labute approximate surface area is 208 Å². The Morgan fingerprint density at radius 3 is 2.56 bits per heavy atom. The van der Waals surface area contributed by atoms with Crippen LogP contribution in [0.25, 0.3) is 0 Å². The Hall–Kier alpha value is -2.71. The summed E-state index contributed by atoms with van der Waals surface area (Å²) >= 11 is 7.24. The highest BCUT2D eigenvalue weighted by molar-refractivity contribution is 7.15. The van der Waals surface area contributed by atoms with Gasteiger partial charge in [0.15, 0.2) is 0 Å². The first kappa shape index (κ1) is 24.4. The highest BCUT2D eigenvalue weighted by atomic mass is 35.5. The van der Waals surface area contributed by atoms with Crippen LogP contribution in [0.1, 0.15) is 61.0 Å². The van der Waals surface area contributed by atoms with Gasteiger partial charge >= 0.3 is 0 Å². The van der Waals surface area contributed by atoms with Crippen LogP contribution in [0.15, 0.2) is 36.5 Å². The Balaban J connectivity index is 1.49. The molecule has 2 N–H and O–H groups in total. The summed E-state index contributed by atoms with van der Waals surface area (Å²) in [5.41, 5.74) is 0.318. The number of thiophene rings is 1. The molecule has 1 aliphatic carbocycles. The maximum Gasteiger partial charge on any atom is 0.269 e. The average Bonchev–Trinajstić information content (AvgIpc) is 3.42. The molecule has 0 aromatic carbocycles. The minimum absolute atomic E-state index is 0.0703. The van der Waals surface area contributed by atoms with Crippen LogP contribution in [0.3, 0.4) is 0 Å². The fourth-order valence-electron chi connectivity index (χ4n) is 4.17. The van der Waals surface area contributed by atoms with Gasteiger partial charge in [0.2, 0.25) is 11.8 Å². The van der Waals surface area contributed by atoms with Gasteiger partial charge in [0.05, 0.1) is 22.7 Å². The second-order valence-corrected chi connectivity index (χ2v) is 11.2. The van der Waals surface area contributed by atoms with Crippen molar-refractivity contribution in [2.45, 2.75) is 57.9 Å². The third-order valence-electron chi connectivity index (χ3n) is 6.09. The van der Waals surface area contributed by atoms with Crippen LogP contribution in [-0.2, 0) is 15.0 Å². The molecular weight excluding hydrogens is 472 g/mol. The number of halogens is 1. The number of aromatic nitrogens is 1. The second-order valence-electron chi connectivity index (χ2n) is 9.74. The van der Waals surface area contributed by atoms with Gasteiger partial charge in [-0.1, -0.05) is 44.5 Å². The number of carbonyl (C=O) groups is 3. The van der Waals surface area contributed by atoms with E-state index in [-0.39, 0.29) is 35.1 Å². The standard InChI is InChI=1S/C25H29ClN4O3S/c1-25(2,3)19-13-18(22(34-19)24(33)29-20-11-8-16(26)14-27-20)28-23(32)15-6-9-17(10-7-15)30-12-4-5-21(30)31/h6,8-9,11,13-15,17H,4-5,7,10,12H2,1-3H3,(H,28,32)(H,27,29,33)/t15-,17-/m0/s1. The van der Waals surface area contributed by atoms with Crippen molar-refractivity contribution in [3.8, 4) is 0 Å². The van der Waals surface area contributed by atoms with Gasteiger partial charge in [-0.3, -0.25) is 14.4 Å². The Morgan fingerprint density at radius 2 is 1.97 bits per heavy atom. The number of pyridine rings is 1. The lowest BCUT2D eigenvalue weighted by Gasteiger charge is -2.29. The monoisotopic (exact) mass is 500 g/mol. The summed E-state index contributed by atoms with van der Waals surface area (Å²) in [5.74, 6) is -0.218. The first-order chi connectivity index (χ1) is 16.1. The lowest BCUT2D eigenvalue weighted by molar-refractivity contribution is -0.129. The number of hydrogen-bond donors (Lipinski definition) is 2. The fourth-order valence-corrected chi connectivity index (χ4v) is 5.35. The molecule has 1 fully saturated rings. The molecule has 2 atom stereocenters. The number of anilines is 2. The summed E-state index contributed by atoms with van der Waals surface area (Å²) in [5, 5.41) is 6.24. The van der Waals surface area contributed by atoms with Crippen molar-refractivity contribution < 1.29 is 14.4 Å². The molecule has 3 amide bonds. The predicted molar refractivity (Wildman–Crippen MR) is 135 cm³/mol. The highest BCUT2D eigenvalue weighted by Gasteiger charge is 2.31. The SMILES string of the molecule is CC(C)(C)c1cc(NC(=O)[C@H]2C=C[C@H](N3CCCC3=O)CC2)c(C(=O)Nc2ccc(Cl)cn2)s1. The van der Waals surface area contributed by atoms with Crippen molar-refractivity contribution in [3.05, 3.63) is 51.3 Å². The molecule has 3 heterocycles. The zero-order valence-corrected chi connectivity index (χ0v) is 21.1. The first-order valence-corrected chi connectivity index (χ1v) is 12.7. The molecule has 34 heavy (non-hydrogen) atoms. The van der Waals surface area contributed by atoms with Gasteiger partial charge < -0.3 is 15.5 Å². The van der Waals surface area contributed by atoms with E-state index in [1.54, 1.807) is 12.1 Å². The molecule has 0 radical (unpaired) electrons. The minimum Gasteiger partial charge on any atom is -0.336 e. The number of hydrogen-bond acceptors (Lipinski definition) is 5. The molecule has 9 heteroatoms. The second kappa shape index (κ2) is 9.88. The minimum atomic E-state index is -0.336. The predicted octanol–water partition coefficient (Wildman–Crippen LogP) is 5.24. The molecule has 7 nitrogen and oxygen atoms in total. The first-order valence-electron chi connectivity index (χ1n) is 11.5. The highest BCUT2D eigenvalue weighted by Crippen LogP contribution is 2.36. The van der Waals surface area contributed by atoms with Crippen molar-refractivity contribution in [1.29, 1.82) is 0 Å². The lowest BCUT2D eigenvalue weighted by atomic mass is 9.91. The number of nitrogens with one attached hydrogen (secondary N) is 2. The van der Waals surface area contributed by atoms with Gasteiger partial charge in [-0.05, 0) is 42.9 Å². The summed E-state index contributed by atoms with van der Waals surface area (Å²) in [7, 11) is 0. The molecule has 0 spiro atoms. The van der Waals surface area contributed by atoms with Crippen molar-refractivity contribution in [1.82, 2.24) is 9.88 Å². The molecule has 180 valence electrons. The zero-order chi connectivity index (χ0) is 24.5. The third-order valence-corrected chi connectivity index (χ3v) is 7.87. The van der Waals surface area contributed by atoms with Crippen molar-refractivity contribution in [2.75, 3.05) is 17.2 Å². The number of carbonyl (C=O) groups excluding carboxylic acids is 3. The van der Waals surface area contributed by atoms with E-state index in [0.29, 0.717) is 34.2 Å². The van der Waals surface area contributed by atoms with Crippen molar-refractivity contribution in [3.63, 3.8) is 0 Å². The van der Waals surface area contributed by atoms with E-state index in [1.807, 2.05) is 23.1 Å². The maximum absolute atomic E-state index is 13.1. The Kier molecular flexibility index (Phi) is 7.09. The molecule has 1 aliphatic heterocycles. The van der Waals surface area contributed by atoms with Crippen molar-refractivity contribution >= 4 is 52.2 Å². The quantitative estimate of drug-likeness (QED) is 0.549. The van der Waals surface area contributed by atoms with E-state index in [9.17, 15) is 14.4 Å². The van der Waals surface area contributed by atoms with Crippen LogP contribution in [0, 0.1) is 5.92 Å². The third kappa shape index (κ3) is 5.50. The van der Waals surface area contributed by atoms with Crippen LogP contribution in [-0.4, -0.2) is 40.2 Å². The van der Waals surface area contributed by atoms with Crippen LogP contribution in [0.2, 0.25) is 5.02 Å². The topological polar surface area (TPSA) is 91.4 Å². The Morgan fingerprint density at radius 1 is 1.18 bits per heavy atom. The van der Waals surface area contributed by atoms with Gasteiger partial charge in [-0.2, -0.15) is 0 Å². The van der Waals surface area contributed by atoms with E-state index in [0.717, 1.165) is 24.3 Å². The summed E-state index contributed by atoms with van der Waals surface area (Å²) in [4.78, 5) is 45.6. The van der Waals surface area contributed by atoms with Gasteiger partial charge in [0.25, 0.3) is 5.91 Å². The lowest BCUT2D eigenvalue weighted by Crippen LogP contribution is -2.37. The smallest absolute Gasteiger partial charge is 0.269 e. The number of likely N-dealkylation sites (tertiary alicyclic amines) is 1. The fraction of sp³-hybridized carbons (Fsp3) is 0.440. The van der Waals surface area contributed by atoms with E-state index in [1.165, 1.54) is 17.5 Å². The number of amides is 3. The summed E-state index contributed by atoms with van der Waals surface area (Å²) in [6, 6.07) is 5.23. The largest absolute Gasteiger partial charge is 0.336 e. The van der Waals surface area contributed by atoms with E-state index >= 15 is 0 Å². The van der Waals surface area contributed by atoms with Gasteiger partial charge in [-0.25, -0.2) is 4.98 Å². The number of nitrogens with zero attached hydrogens (tertiary/aromatic N) is 2. The van der Waals surface area contributed by atoms with Crippen LogP contribution < -0.4 is 10.6 Å². The van der Waals surface area contributed by atoms with Crippen LogP contribution in [0.4, 0.5) is 11.5 Å². The zero-order valence-electron chi connectivity index (χ0n) is 19.6. The molecule has 0 bridgehead atoms. The van der Waals surface area contributed by atoms with E-state index in [4.69, 9.17) is 11.6 Å². The van der Waals surface area contributed by atoms with Gasteiger partial charge in [0, 0.05) is 24.0 Å². The molecule has 2 aliphatic rings. The normalized spacial score (nSPS) is 20.5. The molecule has 2 aromatic rings. The summed E-state index contributed by atoms with van der Waals surface area (Å²) in [6.45, 7) is 6.99. The average molecular weight is 501 g/mol. The Bertz CT molecular complexity index is 1120. The molecule has 0 saturated carbocycles. The molecular formula is C25H29ClN4O3S. The van der Waals surface area contributed by atoms with Crippen molar-refractivity contribution in [2.24, 2.45) is 5.92 Å². The molecule has 1 saturated heterocycles. The molecule has 0 unspecified atom stereocenters. The number of rotatable bonds is 5. The van der Waals surface area contributed by atoms with Gasteiger partial charge in [-0.15, -0.1) is 11.3 Å². The van der Waals surface area contributed by atoms with E-state index < -0.39 is 0 Å². The van der Waals surface area contributed by atoms with Gasteiger partial charge in [0.1, 0.15) is 10.7 Å². The maximum atomic E-state index is 13.1. The van der Waals surface area contributed by atoms with Crippen LogP contribution >= 0.6 is 22.9 Å². The summed E-state index contributed by atoms with van der Waals surface area (Å²) < 4.78 is 0. The summed E-state index contributed by atoms with van der Waals surface area (Å²) in [6.07, 6.45) is 8.26. The molecule has 2 aromatic heterocycles. The van der Waals surface area contributed by atoms with Crippen LogP contribution in [0.5, 0.6) is 0 Å². The van der Waals surface area contributed by atoms with E-state index in [2.05, 4.69) is 36.4 Å². The molecule has 4 rings (SSSR count).